The molecular formula is C18H21N3O2. The molecule has 0 N–H and O–H groups in total. The molecule has 0 radical (unpaired) electrons. The normalized spacial score (nSPS) is 14.7. The Hall–Kier alpha value is -2.56. The lowest BCUT2D eigenvalue weighted by Gasteiger charge is -2.36. The molecule has 1 aliphatic rings. The van der Waals surface area contributed by atoms with Gasteiger partial charge in [-0.1, -0.05) is 18.2 Å². The maximum absolute atomic E-state index is 12.4. The van der Waals surface area contributed by atoms with E-state index in [0.717, 1.165) is 43.3 Å². The van der Waals surface area contributed by atoms with E-state index in [1.165, 1.54) is 0 Å². The molecule has 1 fully saturated rings. The van der Waals surface area contributed by atoms with Crippen LogP contribution in [-0.4, -0.2) is 49.1 Å². The van der Waals surface area contributed by atoms with Gasteiger partial charge in [-0.25, -0.2) is 0 Å². The van der Waals surface area contributed by atoms with Crippen LogP contribution < -0.4 is 9.64 Å². The van der Waals surface area contributed by atoms with Crippen molar-refractivity contribution in [2.75, 3.05) is 38.2 Å². The van der Waals surface area contributed by atoms with E-state index in [-0.39, 0.29) is 5.91 Å². The number of anilines is 1. The van der Waals surface area contributed by atoms with Crippen LogP contribution in [0.25, 0.3) is 0 Å². The molecule has 1 saturated heterocycles. The summed E-state index contributed by atoms with van der Waals surface area (Å²) in [6.45, 7) is 3.08. The standard InChI is InChI=1S/C18H21N3O2/c1-23-17-8-3-2-7-16(17)20-10-12-21(13-11-20)18(22)14-15-6-4-5-9-19-15/h2-9H,10-14H2,1H3. The van der Waals surface area contributed by atoms with Crippen molar-refractivity contribution in [3.05, 3.63) is 54.4 Å². The number of carbonyl (C=O) groups excluding carboxylic acids is 1. The van der Waals surface area contributed by atoms with Crippen molar-refractivity contribution in [1.82, 2.24) is 9.88 Å². The number of rotatable bonds is 4. The Morgan fingerprint density at radius 3 is 2.52 bits per heavy atom. The number of carbonyl (C=O) groups is 1. The first-order valence-corrected chi connectivity index (χ1v) is 7.83. The third-order valence-electron chi connectivity index (χ3n) is 4.12. The van der Waals surface area contributed by atoms with Gasteiger partial charge in [0.05, 0.1) is 19.2 Å². The molecule has 23 heavy (non-hydrogen) atoms. The number of benzene rings is 1. The van der Waals surface area contributed by atoms with Crippen LogP contribution in [0.1, 0.15) is 5.69 Å². The Kier molecular flexibility index (Phi) is 4.76. The van der Waals surface area contributed by atoms with Gasteiger partial charge in [0.15, 0.2) is 0 Å². The van der Waals surface area contributed by atoms with Crippen LogP contribution in [0.4, 0.5) is 5.69 Å². The summed E-state index contributed by atoms with van der Waals surface area (Å²) in [4.78, 5) is 20.8. The number of methoxy groups -OCH3 is 1. The molecule has 0 saturated carbocycles. The summed E-state index contributed by atoms with van der Waals surface area (Å²) in [5, 5.41) is 0. The van der Waals surface area contributed by atoms with Gasteiger partial charge >= 0.3 is 0 Å². The molecule has 0 atom stereocenters. The molecule has 1 aliphatic heterocycles. The van der Waals surface area contributed by atoms with Crippen LogP contribution in [0, 0.1) is 0 Å². The van der Waals surface area contributed by atoms with Crippen LogP contribution in [0.5, 0.6) is 5.75 Å². The highest BCUT2D eigenvalue weighted by Gasteiger charge is 2.22. The third kappa shape index (κ3) is 3.62. The van der Waals surface area contributed by atoms with Gasteiger partial charge in [-0.05, 0) is 24.3 Å². The molecule has 0 spiro atoms. The summed E-state index contributed by atoms with van der Waals surface area (Å²) in [5.74, 6) is 1.02. The summed E-state index contributed by atoms with van der Waals surface area (Å²) in [6, 6.07) is 13.7. The molecular weight excluding hydrogens is 290 g/mol. The van der Waals surface area contributed by atoms with Gasteiger partial charge in [-0.2, -0.15) is 0 Å². The molecule has 0 unspecified atom stereocenters. The quantitative estimate of drug-likeness (QED) is 0.866. The van der Waals surface area contributed by atoms with Gasteiger partial charge in [0, 0.05) is 38.1 Å². The molecule has 2 heterocycles. The Morgan fingerprint density at radius 2 is 1.83 bits per heavy atom. The number of aromatic nitrogens is 1. The van der Waals surface area contributed by atoms with Crippen LogP contribution in [0.2, 0.25) is 0 Å². The molecule has 1 amide bonds. The highest BCUT2D eigenvalue weighted by molar-refractivity contribution is 5.78. The highest BCUT2D eigenvalue weighted by atomic mass is 16.5. The van der Waals surface area contributed by atoms with E-state index in [1.807, 2.05) is 41.3 Å². The van der Waals surface area contributed by atoms with E-state index < -0.39 is 0 Å². The van der Waals surface area contributed by atoms with Gasteiger partial charge in [0.25, 0.3) is 0 Å². The van der Waals surface area contributed by atoms with Crippen molar-refractivity contribution in [2.24, 2.45) is 0 Å². The summed E-state index contributed by atoms with van der Waals surface area (Å²) in [6.07, 6.45) is 2.09. The Bertz CT molecular complexity index is 652. The molecule has 5 heteroatoms. The Morgan fingerprint density at radius 1 is 1.09 bits per heavy atom. The molecule has 1 aromatic heterocycles. The summed E-state index contributed by atoms with van der Waals surface area (Å²) in [7, 11) is 1.69. The first-order chi connectivity index (χ1) is 11.3. The number of nitrogens with zero attached hydrogens (tertiary/aromatic N) is 3. The van der Waals surface area contributed by atoms with Crippen LogP contribution in [-0.2, 0) is 11.2 Å². The second-order valence-electron chi connectivity index (χ2n) is 5.54. The number of para-hydroxylation sites is 2. The van der Waals surface area contributed by atoms with Gasteiger partial charge in [-0.15, -0.1) is 0 Å². The fraction of sp³-hybridized carbons (Fsp3) is 0.333. The fourth-order valence-corrected chi connectivity index (χ4v) is 2.86. The average molecular weight is 311 g/mol. The minimum atomic E-state index is 0.142. The van der Waals surface area contributed by atoms with E-state index in [4.69, 9.17) is 4.74 Å². The van der Waals surface area contributed by atoms with Gasteiger partial charge in [-0.3, -0.25) is 9.78 Å². The SMILES string of the molecule is COc1ccccc1N1CCN(C(=O)Cc2ccccn2)CC1. The summed E-state index contributed by atoms with van der Waals surface area (Å²) >= 11 is 0. The molecule has 0 bridgehead atoms. The van der Waals surface area contributed by atoms with E-state index in [2.05, 4.69) is 16.0 Å². The topological polar surface area (TPSA) is 45.7 Å². The lowest BCUT2D eigenvalue weighted by molar-refractivity contribution is -0.130. The zero-order valence-electron chi connectivity index (χ0n) is 13.3. The number of amides is 1. The first-order valence-electron chi connectivity index (χ1n) is 7.83. The number of pyridine rings is 1. The largest absolute Gasteiger partial charge is 0.495 e. The lowest BCUT2D eigenvalue weighted by Crippen LogP contribution is -2.49. The van der Waals surface area contributed by atoms with Crippen molar-refractivity contribution < 1.29 is 9.53 Å². The third-order valence-corrected chi connectivity index (χ3v) is 4.12. The van der Waals surface area contributed by atoms with Crippen molar-refractivity contribution in [3.63, 3.8) is 0 Å². The van der Waals surface area contributed by atoms with Gasteiger partial charge in [0.1, 0.15) is 5.75 Å². The second-order valence-corrected chi connectivity index (χ2v) is 5.54. The average Bonchev–Trinajstić information content (AvgIpc) is 2.62. The monoisotopic (exact) mass is 311 g/mol. The second kappa shape index (κ2) is 7.13. The molecule has 5 nitrogen and oxygen atoms in total. The molecule has 0 aliphatic carbocycles. The van der Waals surface area contributed by atoms with Crippen LogP contribution in [0.15, 0.2) is 48.7 Å². The predicted octanol–water partition coefficient (Wildman–Crippen LogP) is 1.98. The Labute approximate surface area is 136 Å². The number of piperazine rings is 1. The smallest absolute Gasteiger partial charge is 0.228 e. The van der Waals surface area contributed by atoms with Crippen molar-refractivity contribution in [3.8, 4) is 5.75 Å². The predicted molar refractivity (Wildman–Crippen MR) is 89.7 cm³/mol. The van der Waals surface area contributed by atoms with Gasteiger partial charge < -0.3 is 14.5 Å². The number of hydrogen-bond donors (Lipinski definition) is 0. The van der Waals surface area contributed by atoms with E-state index in [1.54, 1.807) is 13.3 Å². The molecule has 120 valence electrons. The summed E-state index contributed by atoms with van der Waals surface area (Å²) < 4.78 is 5.42. The summed E-state index contributed by atoms with van der Waals surface area (Å²) in [5.41, 5.74) is 1.91. The first kappa shape index (κ1) is 15.3. The van der Waals surface area contributed by atoms with Crippen LogP contribution in [0.3, 0.4) is 0 Å². The number of ether oxygens (including phenoxy) is 1. The lowest BCUT2D eigenvalue weighted by atomic mass is 10.2. The zero-order chi connectivity index (χ0) is 16.1. The van der Waals surface area contributed by atoms with E-state index in [9.17, 15) is 4.79 Å². The van der Waals surface area contributed by atoms with Crippen LogP contribution >= 0.6 is 0 Å². The maximum Gasteiger partial charge on any atom is 0.228 e. The minimum absolute atomic E-state index is 0.142. The maximum atomic E-state index is 12.4. The zero-order valence-corrected chi connectivity index (χ0v) is 13.3. The number of hydrogen-bond acceptors (Lipinski definition) is 4. The minimum Gasteiger partial charge on any atom is -0.495 e. The Balaban J connectivity index is 1.59. The molecule has 3 rings (SSSR count). The van der Waals surface area contributed by atoms with Crippen molar-refractivity contribution in [1.29, 1.82) is 0 Å². The van der Waals surface area contributed by atoms with E-state index in [0.29, 0.717) is 6.42 Å². The highest BCUT2D eigenvalue weighted by Crippen LogP contribution is 2.28. The van der Waals surface area contributed by atoms with Crippen molar-refractivity contribution >= 4 is 11.6 Å². The van der Waals surface area contributed by atoms with Crippen molar-refractivity contribution in [2.45, 2.75) is 6.42 Å². The van der Waals surface area contributed by atoms with E-state index >= 15 is 0 Å². The fourth-order valence-electron chi connectivity index (χ4n) is 2.86. The molecule has 2 aromatic rings. The molecule has 1 aromatic carbocycles. The van der Waals surface area contributed by atoms with Gasteiger partial charge in [0.2, 0.25) is 5.91 Å².